The molecule has 0 bridgehead atoms. The monoisotopic (exact) mass is 179 g/mol. The Hall–Kier alpha value is -0.220. The van der Waals surface area contributed by atoms with Crippen LogP contribution < -0.4 is 5.32 Å². The number of nitrogens with one attached hydrogen (secondary N) is 1. The fraction of sp³-hybridized carbons (Fsp3) is 1.00. The van der Waals surface area contributed by atoms with E-state index in [0.717, 1.165) is 19.4 Å². The van der Waals surface area contributed by atoms with Crippen LogP contribution in [0.3, 0.4) is 0 Å². The number of hydrogen-bond acceptors (Lipinski definition) is 2. The first kappa shape index (κ1) is 9.86. The van der Waals surface area contributed by atoms with Crippen molar-refractivity contribution in [1.82, 2.24) is 5.32 Å². The van der Waals surface area contributed by atoms with E-state index in [1.165, 1.54) is 0 Å². The largest absolute Gasteiger partial charge is 0.377 e. The molecule has 0 aromatic heterocycles. The SMILES string of the molecule is CC(NCC(F)F)C1CCCO1. The highest BCUT2D eigenvalue weighted by Crippen LogP contribution is 2.15. The van der Waals surface area contributed by atoms with E-state index >= 15 is 0 Å². The fourth-order valence-corrected chi connectivity index (χ4v) is 1.40. The zero-order valence-corrected chi connectivity index (χ0v) is 7.22. The second kappa shape index (κ2) is 4.72. The molecular weight excluding hydrogens is 164 g/mol. The van der Waals surface area contributed by atoms with Crippen LogP contribution in [0.4, 0.5) is 8.78 Å². The molecule has 0 spiro atoms. The van der Waals surface area contributed by atoms with Crippen molar-refractivity contribution >= 4 is 0 Å². The van der Waals surface area contributed by atoms with Crippen LogP contribution >= 0.6 is 0 Å². The van der Waals surface area contributed by atoms with Crippen LogP contribution in [0.25, 0.3) is 0 Å². The molecule has 12 heavy (non-hydrogen) atoms. The quantitative estimate of drug-likeness (QED) is 0.704. The highest BCUT2D eigenvalue weighted by molar-refractivity contribution is 4.76. The van der Waals surface area contributed by atoms with Crippen LogP contribution in [-0.4, -0.2) is 31.7 Å². The molecule has 72 valence electrons. The van der Waals surface area contributed by atoms with Crippen molar-refractivity contribution in [3.8, 4) is 0 Å². The summed E-state index contributed by atoms with van der Waals surface area (Å²) in [7, 11) is 0. The number of hydrogen-bond donors (Lipinski definition) is 1. The van der Waals surface area contributed by atoms with Crippen molar-refractivity contribution < 1.29 is 13.5 Å². The van der Waals surface area contributed by atoms with Crippen LogP contribution in [0, 0.1) is 0 Å². The molecule has 0 radical (unpaired) electrons. The predicted octanol–water partition coefficient (Wildman–Crippen LogP) is 1.41. The van der Waals surface area contributed by atoms with Gasteiger partial charge in [-0.1, -0.05) is 0 Å². The third-order valence-electron chi connectivity index (χ3n) is 2.12. The highest BCUT2D eigenvalue weighted by Gasteiger charge is 2.22. The summed E-state index contributed by atoms with van der Waals surface area (Å²) in [5, 5.41) is 2.75. The summed E-state index contributed by atoms with van der Waals surface area (Å²) in [5.41, 5.74) is 0. The summed E-state index contributed by atoms with van der Waals surface area (Å²) in [6, 6.07) is 0.0431. The van der Waals surface area contributed by atoms with Crippen molar-refractivity contribution in [3.05, 3.63) is 0 Å². The van der Waals surface area contributed by atoms with Gasteiger partial charge in [-0.15, -0.1) is 0 Å². The van der Waals surface area contributed by atoms with Crippen LogP contribution in [0.1, 0.15) is 19.8 Å². The minimum absolute atomic E-state index is 0.0431. The number of halogens is 2. The Morgan fingerprint density at radius 1 is 1.58 bits per heavy atom. The lowest BCUT2D eigenvalue weighted by Crippen LogP contribution is -2.39. The van der Waals surface area contributed by atoms with E-state index in [2.05, 4.69) is 5.32 Å². The summed E-state index contributed by atoms with van der Waals surface area (Å²) >= 11 is 0. The summed E-state index contributed by atoms with van der Waals surface area (Å²) in [4.78, 5) is 0. The molecule has 4 heteroatoms. The van der Waals surface area contributed by atoms with Crippen molar-refractivity contribution in [2.75, 3.05) is 13.2 Å². The topological polar surface area (TPSA) is 21.3 Å². The third-order valence-corrected chi connectivity index (χ3v) is 2.12. The van der Waals surface area contributed by atoms with E-state index in [1.807, 2.05) is 6.92 Å². The molecule has 0 aromatic rings. The zero-order valence-electron chi connectivity index (χ0n) is 7.22. The van der Waals surface area contributed by atoms with Crippen LogP contribution in [0.5, 0.6) is 0 Å². The molecule has 1 saturated heterocycles. The molecule has 2 unspecified atom stereocenters. The minimum atomic E-state index is -2.27. The molecule has 0 aliphatic carbocycles. The van der Waals surface area contributed by atoms with Gasteiger partial charge in [-0.3, -0.25) is 0 Å². The van der Waals surface area contributed by atoms with E-state index in [1.54, 1.807) is 0 Å². The zero-order chi connectivity index (χ0) is 8.97. The first-order chi connectivity index (χ1) is 5.70. The molecule has 2 nitrogen and oxygen atoms in total. The lowest BCUT2D eigenvalue weighted by Gasteiger charge is -2.19. The average Bonchev–Trinajstić information content (AvgIpc) is 2.51. The number of rotatable bonds is 4. The third kappa shape index (κ3) is 3.03. The van der Waals surface area contributed by atoms with E-state index < -0.39 is 6.43 Å². The van der Waals surface area contributed by atoms with Gasteiger partial charge >= 0.3 is 0 Å². The van der Waals surface area contributed by atoms with Crippen LogP contribution in [-0.2, 0) is 4.74 Å². The van der Waals surface area contributed by atoms with Crippen molar-refractivity contribution in [1.29, 1.82) is 0 Å². The Bertz CT molecular complexity index is 126. The summed E-state index contributed by atoms with van der Waals surface area (Å²) in [6.45, 7) is 2.42. The maximum absolute atomic E-state index is 11.8. The Morgan fingerprint density at radius 2 is 2.33 bits per heavy atom. The van der Waals surface area contributed by atoms with E-state index in [9.17, 15) is 8.78 Å². The minimum Gasteiger partial charge on any atom is -0.377 e. The molecule has 1 heterocycles. The summed E-state index contributed by atoms with van der Waals surface area (Å²) in [6.07, 6.45) is -0.111. The summed E-state index contributed by atoms with van der Waals surface area (Å²) < 4.78 is 28.9. The molecule has 2 atom stereocenters. The molecule has 1 fully saturated rings. The van der Waals surface area contributed by atoms with Gasteiger partial charge in [-0.05, 0) is 19.8 Å². The Kier molecular flexibility index (Phi) is 3.88. The molecule has 1 aliphatic heterocycles. The van der Waals surface area contributed by atoms with Crippen LogP contribution in [0.2, 0.25) is 0 Å². The van der Waals surface area contributed by atoms with E-state index in [0.29, 0.717) is 0 Å². The lowest BCUT2D eigenvalue weighted by atomic mass is 10.1. The second-order valence-corrected chi connectivity index (χ2v) is 3.14. The predicted molar refractivity (Wildman–Crippen MR) is 42.4 cm³/mol. The van der Waals surface area contributed by atoms with Gasteiger partial charge in [0.25, 0.3) is 6.43 Å². The molecule has 1 N–H and O–H groups in total. The first-order valence-corrected chi connectivity index (χ1v) is 4.33. The second-order valence-electron chi connectivity index (χ2n) is 3.14. The van der Waals surface area contributed by atoms with Gasteiger partial charge < -0.3 is 10.1 Å². The van der Waals surface area contributed by atoms with Gasteiger partial charge in [0.15, 0.2) is 0 Å². The molecule has 1 aliphatic rings. The number of ether oxygens (including phenoxy) is 1. The molecule has 0 amide bonds. The lowest BCUT2D eigenvalue weighted by molar-refractivity contribution is 0.0726. The molecular formula is C8H15F2NO. The smallest absolute Gasteiger partial charge is 0.250 e. The standard InChI is InChI=1S/C8H15F2NO/c1-6(11-5-8(9)10)7-3-2-4-12-7/h6-8,11H,2-5H2,1H3. The summed E-state index contributed by atoms with van der Waals surface area (Å²) in [5.74, 6) is 0. The van der Waals surface area contributed by atoms with Gasteiger partial charge in [-0.2, -0.15) is 0 Å². The van der Waals surface area contributed by atoms with Gasteiger partial charge in [-0.25, -0.2) is 8.78 Å². The first-order valence-electron chi connectivity index (χ1n) is 4.33. The van der Waals surface area contributed by atoms with Crippen molar-refractivity contribution in [3.63, 3.8) is 0 Å². The van der Waals surface area contributed by atoms with Gasteiger partial charge in [0, 0.05) is 12.6 Å². The van der Waals surface area contributed by atoms with Crippen molar-refractivity contribution in [2.45, 2.75) is 38.3 Å². The maximum Gasteiger partial charge on any atom is 0.250 e. The van der Waals surface area contributed by atoms with Crippen LogP contribution in [0.15, 0.2) is 0 Å². The molecule has 0 aromatic carbocycles. The van der Waals surface area contributed by atoms with Gasteiger partial charge in [0.2, 0.25) is 0 Å². The van der Waals surface area contributed by atoms with E-state index in [-0.39, 0.29) is 18.7 Å². The molecule has 1 rings (SSSR count). The maximum atomic E-state index is 11.8. The Labute approximate surface area is 71.3 Å². The van der Waals surface area contributed by atoms with E-state index in [4.69, 9.17) is 4.74 Å². The Morgan fingerprint density at radius 3 is 2.83 bits per heavy atom. The normalized spacial score (nSPS) is 26.5. The van der Waals surface area contributed by atoms with Crippen molar-refractivity contribution in [2.24, 2.45) is 0 Å². The van der Waals surface area contributed by atoms with Gasteiger partial charge in [0.1, 0.15) is 0 Å². The highest BCUT2D eigenvalue weighted by atomic mass is 19.3. The molecule has 0 saturated carbocycles. The number of alkyl halides is 2. The average molecular weight is 179 g/mol. The Balaban J connectivity index is 2.13. The fourth-order valence-electron chi connectivity index (χ4n) is 1.40. The van der Waals surface area contributed by atoms with Gasteiger partial charge in [0.05, 0.1) is 12.6 Å².